The van der Waals surface area contributed by atoms with Gasteiger partial charge in [-0.15, -0.1) is 0 Å². The minimum atomic E-state index is -4.44. The first kappa shape index (κ1) is 26.3. The highest BCUT2D eigenvalue weighted by molar-refractivity contribution is 7.90. The molecule has 8 nitrogen and oxygen atoms in total. The topological polar surface area (TPSA) is 98.5 Å². The smallest absolute Gasteiger partial charge is 0.416 e. The van der Waals surface area contributed by atoms with Gasteiger partial charge in [-0.2, -0.15) is 13.2 Å². The van der Waals surface area contributed by atoms with E-state index in [2.05, 4.69) is 20.3 Å². The number of benzene rings is 2. The van der Waals surface area contributed by atoms with Gasteiger partial charge < -0.3 is 14.6 Å². The summed E-state index contributed by atoms with van der Waals surface area (Å²) in [5.41, 5.74) is 0.906. The highest BCUT2D eigenvalue weighted by Crippen LogP contribution is 2.32. The molecule has 0 saturated carbocycles. The summed E-state index contributed by atoms with van der Waals surface area (Å²) in [5, 5.41) is 3.86. The lowest BCUT2D eigenvalue weighted by atomic mass is 10.2. The molecule has 2 aromatic carbocycles. The number of aromatic nitrogens is 3. The SMILES string of the molecule is CC(=Nc1cccc(C(F)(F)F)c1)n1ccc2cc(Oc3cc(CNCCS(C)(=O)=O)ncn3)ccc21. The second-order valence-electron chi connectivity index (χ2n) is 8.37. The summed E-state index contributed by atoms with van der Waals surface area (Å²) in [5.74, 6) is 1.40. The van der Waals surface area contributed by atoms with Crippen LogP contribution in [0.5, 0.6) is 11.6 Å². The molecule has 0 unspecified atom stereocenters. The first-order valence-electron chi connectivity index (χ1n) is 11.2. The maximum Gasteiger partial charge on any atom is 0.416 e. The largest absolute Gasteiger partial charge is 0.439 e. The van der Waals surface area contributed by atoms with Crippen molar-refractivity contribution in [1.82, 2.24) is 19.9 Å². The van der Waals surface area contributed by atoms with Crippen LogP contribution in [-0.4, -0.2) is 47.3 Å². The summed E-state index contributed by atoms with van der Waals surface area (Å²) in [4.78, 5) is 12.6. The van der Waals surface area contributed by atoms with Gasteiger partial charge in [0.1, 0.15) is 27.7 Å². The molecule has 0 aliphatic carbocycles. The van der Waals surface area contributed by atoms with Crippen LogP contribution in [0.2, 0.25) is 0 Å². The Bertz CT molecular complexity index is 1550. The van der Waals surface area contributed by atoms with E-state index in [1.54, 1.807) is 29.8 Å². The van der Waals surface area contributed by atoms with Crippen molar-refractivity contribution in [3.05, 3.63) is 78.4 Å². The van der Waals surface area contributed by atoms with Gasteiger partial charge in [0.2, 0.25) is 5.88 Å². The van der Waals surface area contributed by atoms with E-state index >= 15 is 0 Å². The Morgan fingerprint density at radius 2 is 1.92 bits per heavy atom. The van der Waals surface area contributed by atoms with Gasteiger partial charge >= 0.3 is 6.18 Å². The molecule has 2 heterocycles. The van der Waals surface area contributed by atoms with E-state index in [0.717, 1.165) is 23.0 Å². The van der Waals surface area contributed by atoms with E-state index in [9.17, 15) is 21.6 Å². The molecule has 4 rings (SSSR count). The minimum Gasteiger partial charge on any atom is -0.439 e. The normalized spacial score (nSPS) is 12.7. The van der Waals surface area contributed by atoms with Crippen molar-refractivity contribution in [2.75, 3.05) is 18.6 Å². The monoisotopic (exact) mass is 531 g/mol. The van der Waals surface area contributed by atoms with Crippen LogP contribution in [0.1, 0.15) is 18.2 Å². The van der Waals surface area contributed by atoms with Crippen LogP contribution >= 0.6 is 0 Å². The molecule has 0 aliphatic rings. The van der Waals surface area contributed by atoms with Gasteiger partial charge in [0.15, 0.2) is 0 Å². The summed E-state index contributed by atoms with van der Waals surface area (Å²) >= 11 is 0. The molecule has 37 heavy (non-hydrogen) atoms. The van der Waals surface area contributed by atoms with Gasteiger partial charge in [-0.05, 0) is 49.4 Å². The summed E-state index contributed by atoms with van der Waals surface area (Å²) < 4.78 is 69.2. The number of aliphatic imine (C=N–C) groups is 1. The van der Waals surface area contributed by atoms with Gasteiger partial charge in [0, 0.05) is 37.0 Å². The summed E-state index contributed by atoms with van der Waals surface area (Å²) in [6.45, 7) is 2.39. The number of hydrogen-bond donors (Lipinski definition) is 1. The zero-order chi connectivity index (χ0) is 26.6. The fourth-order valence-electron chi connectivity index (χ4n) is 3.58. The predicted molar refractivity (Wildman–Crippen MR) is 135 cm³/mol. The van der Waals surface area contributed by atoms with Crippen molar-refractivity contribution in [3.63, 3.8) is 0 Å². The zero-order valence-electron chi connectivity index (χ0n) is 20.0. The minimum absolute atomic E-state index is 0.0330. The number of alkyl halides is 3. The third-order valence-corrected chi connectivity index (χ3v) is 6.30. The number of hydrogen-bond acceptors (Lipinski definition) is 7. The Morgan fingerprint density at radius 3 is 2.68 bits per heavy atom. The Labute approximate surface area is 211 Å². The number of nitrogens with one attached hydrogen (secondary N) is 1. The van der Waals surface area contributed by atoms with Crippen molar-refractivity contribution in [1.29, 1.82) is 0 Å². The standard InChI is InChI=1S/C25H24F3N5O3S/c1-17(32-20-5-3-4-19(13-20)25(26,27)28)33-10-8-18-12-22(6-7-23(18)33)36-24-14-21(30-16-31-24)15-29-9-11-37(2,34)35/h3-8,10,12-14,16,29H,9,11,15H2,1-2H3. The van der Waals surface area contributed by atoms with Crippen LogP contribution in [0.25, 0.3) is 10.9 Å². The van der Waals surface area contributed by atoms with Crippen LogP contribution in [0.15, 0.2) is 72.1 Å². The van der Waals surface area contributed by atoms with Gasteiger partial charge in [-0.25, -0.2) is 23.4 Å². The van der Waals surface area contributed by atoms with E-state index in [1.165, 1.54) is 24.7 Å². The van der Waals surface area contributed by atoms with Gasteiger partial charge in [0.05, 0.1) is 28.2 Å². The van der Waals surface area contributed by atoms with Crippen LogP contribution in [-0.2, 0) is 22.6 Å². The predicted octanol–water partition coefficient (Wildman–Crippen LogP) is 4.97. The van der Waals surface area contributed by atoms with Gasteiger partial charge in [0.25, 0.3) is 0 Å². The second-order valence-corrected chi connectivity index (χ2v) is 10.6. The first-order valence-corrected chi connectivity index (χ1v) is 13.3. The molecule has 0 saturated heterocycles. The first-order chi connectivity index (χ1) is 17.5. The molecule has 0 spiro atoms. The molecule has 12 heteroatoms. The average molecular weight is 532 g/mol. The maximum absolute atomic E-state index is 13.0. The van der Waals surface area contributed by atoms with Crippen molar-refractivity contribution >= 4 is 32.3 Å². The van der Waals surface area contributed by atoms with Crippen molar-refractivity contribution in [3.8, 4) is 11.6 Å². The Hall–Kier alpha value is -3.77. The van der Waals surface area contributed by atoms with E-state index < -0.39 is 21.6 Å². The molecule has 0 amide bonds. The van der Waals surface area contributed by atoms with Crippen LogP contribution in [0, 0.1) is 0 Å². The molecule has 0 radical (unpaired) electrons. The summed E-state index contributed by atoms with van der Waals surface area (Å²) in [6.07, 6.45) is -0.104. The van der Waals surface area contributed by atoms with Gasteiger partial charge in [-0.3, -0.25) is 0 Å². The maximum atomic E-state index is 13.0. The molecule has 0 fully saturated rings. The van der Waals surface area contributed by atoms with E-state index in [4.69, 9.17) is 4.74 Å². The quantitative estimate of drug-likeness (QED) is 0.196. The number of halogens is 3. The number of fused-ring (bicyclic) bond motifs is 1. The lowest BCUT2D eigenvalue weighted by Crippen LogP contribution is -2.22. The molecule has 0 atom stereocenters. The van der Waals surface area contributed by atoms with E-state index in [-0.39, 0.29) is 11.4 Å². The van der Waals surface area contributed by atoms with Crippen LogP contribution in [0.4, 0.5) is 18.9 Å². The average Bonchev–Trinajstić information content (AvgIpc) is 3.25. The molecular weight excluding hydrogens is 507 g/mol. The molecule has 0 bridgehead atoms. The van der Waals surface area contributed by atoms with Crippen LogP contribution in [0.3, 0.4) is 0 Å². The number of ether oxygens (including phenoxy) is 1. The van der Waals surface area contributed by atoms with Crippen molar-refractivity contribution < 1.29 is 26.3 Å². The Balaban J connectivity index is 1.47. The summed E-state index contributed by atoms with van der Waals surface area (Å²) in [6, 6.07) is 13.8. The highest BCUT2D eigenvalue weighted by atomic mass is 32.2. The zero-order valence-corrected chi connectivity index (χ0v) is 20.8. The Morgan fingerprint density at radius 1 is 1.11 bits per heavy atom. The molecule has 194 valence electrons. The van der Waals surface area contributed by atoms with E-state index in [0.29, 0.717) is 36.2 Å². The second kappa shape index (κ2) is 10.7. The fraction of sp³-hybridized carbons (Fsp3) is 0.240. The number of nitrogens with zero attached hydrogens (tertiary/aromatic N) is 4. The van der Waals surface area contributed by atoms with E-state index in [1.807, 2.05) is 18.2 Å². The number of rotatable bonds is 8. The molecule has 0 aliphatic heterocycles. The fourth-order valence-corrected chi connectivity index (χ4v) is 4.10. The Kier molecular flexibility index (Phi) is 7.60. The number of sulfone groups is 1. The van der Waals surface area contributed by atoms with Crippen LogP contribution < -0.4 is 10.1 Å². The lowest BCUT2D eigenvalue weighted by Gasteiger charge is -2.09. The molecule has 1 N–H and O–H groups in total. The summed E-state index contributed by atoms with van der Waals surface area (Å²) in [7, 11) is -3.04. The molecule has 4 aromatic rings. The third kappa shape index (κ3) is 7.14. The van der Waals surface area contributed by atoms with Crippen molar-refractivity contribution in [2.24, 2.45) is 4.99 Å². The third-order valence-electron chi connectivity index (χ3n) is 5.35. The molecule has 2 aromatic heterocycles. The van der Waals surface area contributed by atoms with Crippen molar-refractivity contribution in [2.45, 2.75) is 19.6 Å². The molecular formula is C25H24F3N5O3S. The highest BCUT2D eigenvalue weighted by Gasteiger charge is 2.30. The lowest BCUT2D eigenvalue weighted by molar-refractivity contribution is -0.137. The van der Waals surface area contributed by atoms with Gasteiger partial charge in [-0.1, -0.05) is 6.07 Å².